The average molecular weight is 407 g/mol. The predicted octanol–water partition coefficient (Wildman–Crippen LogP) is 4.50. The van der Waals surface area contributed by atoms with Gasteiger partial charge in [0.1, 0.15) is 5.75 Å². The molecule has 5 heteroatoms. The van der Waals surface area contributed by atoms with E-state index in [1.165, 1.54) is 11.1 Å². The summed E-state index contributed by atoms with van der Waals surface area (Å²) in [6.45, 7) is 7.94. The maximum atomic E-state index is 12.0. The van der Waals surface area contributed by atoms with Gasteiger partial charge in [0.2, 0.25) is 0 Å². The second-order valence-electron chi connectivity index (χ2n) is 7.68. The Labute approximate surface area is 178 Å². The molecule has 0 bridgehead atoms. The molecule has 0 radical (unpaired) electrons. The van der Waals surface area contributed by atoms with Crippen molar-refractivity contribution < 1.29 is 14.6 Å². The van der Waals surface area contributed by atoms with E-state index in [4.69, 9.17) is 4.74 Å². The molecule has 3 rings (SSSR count). The van der Waals surface area contributed by atoms with E-state index >= 15 is 0 Å². The number of carbonyl (C=O) groups is 1. The number of hydrogen-bond acceptors (Lipinski definition) is 3. The number of carboxylic acid groups (broad SMARTS) is 1. The fourth-order valence-electron chi connectivity index (χ4n) is 3.91. The number of aryl methyl sites for hydroxylation is 1. The van der Waals surface area contributed by atoms with Crippen molar-refractivity contribution in [2.24, 2.45) is 0 Å². The zero-order valence-electron chi connectivity index (χ0n) is 18.2. The van der Waals surface area contributed by atoms with Gasteiger partial charge in [-0.25, -0.2) is 4.79 Å². The van der Waals surface area contributed by atoms with Crippen LogP contribution in [0.3, 0.4) is 0 Å². The predicted molar refractivity (Wildman–Crippen MR) is 120 cm³/mol. The monoisotopic (exact) mass is 406 g/mol. The molecular weight excluding hydrogens is 376 g/mol. The number of methoxy groups -OCH3 is 1. The summed E-state index contributed by atoms with van der Waals surface area (Å²) in [5.74, 6) is -0.0658. The normalized spacial score (nSPS) is 10.9. The van der Waals surface area contributed by atoms with Crippen LogP contribution in [0.4, 0.5) is 0 Å². The van der Waals surface area contributed by atoms with Gasteiger partial charge in [-0.2, -0.15) is 0 Å². The van der Waals surface area contributed by atoms with Crippen LogP contribution >= 0.6 is 0 Å². The molecule has 0 fully saturated rings. The number of aromatic carboxylic acids is 1. The molecule has 0 amide bonds. The van der Waals surface area contributed by atoms with Crippen LogP contribution < -0.4 is 10.1 Å². The van der Waals surface area contributed by atoms with Gasteiger partial charge >= 0.3 is 5.97 Å². The van der Waals surface area contributed by atoms with Crippen LogP contribution in [0.1, 0.15) is 44.0 Å². The van der Waals surface area contributed by atoms with E-state index < -0.39 is 5.97 Å². The SMILES string of the molecule is COc1ccc(Cn2c(C)c(CNCCc3cccc(C)c3)c(C(=O)O)c2C)cc1. The molecule has 2 aromatic carbocycles. The minimum absolute atomic E-state index is 0.407. The van der Waals surface area contributed by atoms with Crippen LogP contribution in [0.2, 0.25) is 0 Å². The van der Waals surface area contributed by atoms with Gasteiger partial charge < -0.3 is 19.7 Å². The van der Waals surface area contributed by atoms with Gasteiger partial charge in [-0.3, -0.25) is 0 Å². The van der Waals surface area contributed by atoms with Crippen molar-refractivity contribution >= 4 is 5.97 Å². The van der Waals surface area contributed by atoms with Crippen molar-refractivity contribution in [2.45, 2.75) is 40.3 Å². The standard InChI is InChI=1S/C25H30N2O3/c1-17-6-5-7-20(14-17)12-13-26-15-23-18(2)27(19(3)24(23)25(28)29)16-21-8-10-22(30-4)11-9-21/h5-11,14,26H,12-13,15-16H2,1-4H3,(H,28,29). The lowest BCUT2D eigenvalue weighted by molar-refractivity contribution is 0.0694. The van der Waals surface area contributed by atoms with Gasteiger partial charge in [0.05, 0.1) is 12.7 Å². The van der Waals surface area contributed by atoms with Gasteiger partial charge in [-0.1, -0.05) is 42.0 Å². The topological polar surface area (TPSA) is 63.5 Å². The minimum atomic E-state index is -0.875. The lowest BCUT2D eigenvalue weighted by Crippen LogP contribution is -2.18. The van der Waals surface area contributed by atoms with E-state index in [1.807, 2.05) is 38.1 Å². The Morgan fingerprint density at radius 3 is 2.40 bits per heavy atom. The molecule has 0 atom stereocenters. The highest BCUT2D eigenvalue weighted by Crippen LogP contribution is 2.24. The molecule has 0 aliphatic heterocycles. The summed E-state index contributed by atoms with van der Waals surface area (Å²) in [6, 6.07) is 16.3. The molecule has 1 heterocycles. The summed E-state index contributed by atoms with van der Waals surface area (Å²) in [6.07, 6.45) is 0.911. The van der Waals surface area contributed by atoms with Crippen molar-refractivity contribution in [3.8, 4) is 5.75 Å². The van der Waals surface area contributed by atoms with Gasteiger partial charge in [0, 0.05) is 30.0 Å². The lowest BCUT2D eigenvalue weighted by Gasteiger charge is -2.11. The molecule has 0 unspecified atom stereocenters. The van der Waals surface area contributed by atoms with Crippen LogP contribution in [-0.2, 0) is 19.5 Å². The molecule has 0 aliphatic carbocycles. The van der Waals surface area contributed by atoms with E-state index in [0.29, 0.717) is 18.7 Å². The Morgan fingerprint density at radius 1 is 1.03 bits per heavy atom. The molecular formula is C25H30N2O3. The Hall–Kier alpha value is -3.05. The summed E-state index contributed by atoms with van der Waals surface area (Å²) < 4.78 is 7.31. The van der Waals surface area contributed by atoms with Crippen LogP contribution in [0.25, 0.3) is 0 Å². The van der Waals surface area contributed by atoms with Crippen molar-refractivity contribution in [1.29, 1.82) is 0 Å². The number of aromatic nitrogens is 1. The molecule has 0 saturated heterocycles. The van der Waals surface area contributed by atoms with Crippen LogP contribution in [-0.4, -0.2) is 29.3 Å². The van der Waals surface area contributed by atoms with Crippen molar-refractivity contribution in [3.63, 3.8) is 0 Å². The maximum absolute atomic E-state index is 12.0. The molecule has 30 heavy (non-hydrogen) atoms. The fraction of sp³-hybridized carbons (Fsp3) is 0.320. The molecule has 0 aliphatic rings. The molecule has 1 aromatic heterocycles. The molecule has 3 aromatic rings. The molecule has 2 N–H and O–H groups in total. The van der Waals surface area contributed by atoms with Gasteiger partial charge in [0.15, 0.2) is 0 Å². The molecule has 0 spiro atoms. The van der Waals surface area contributed by atoms with Crippen LogP contribution in [0, 0.1) is 20.8 Å². The first kappa shape index (κ1) is 21.7. The number of rotatable bonds is 9. The van der Waals surface area contributed by atoms with E-state index in [-0.39, 0.29) is 0 Å². The third-order valence-corrected chi connectivity index (χ3v) is 5.60. The first-order valence-electron chi connectivity index (χ1n) is 10.2. The number of benzene rings is 2. The highest BCUT2D eigenvalue weighted by molar-refractivity contribution is 5.91. The van der Waals surface area contributed by atoms with E-state index in [1.54, 1.807) is 7.11 Å². The summed E-state index contributed by atoms with van der Waals surface area (Å²) in [5, 5.41) is 13.3. The molecule has 0 saturated carbocycles. The van der Waals surface area contributed by atoms with Gasteiger partial charge in [0.25, 0.3) is 0 Å². The van der Waals surface area contributed by atoms with Crippen LogP contribution in [0.5, 0.6) is 5.75 Å². The van der Waals surface area contributed by atoms with Gasteiger partial charge in [-0.05, 0) is 57.0 Å². The Kier molecular flexibility index (Phi) is 6.95. The van der Waals surface area contributed by atoms with E-state index in [2.05, 4.69) is 41.1 Å². The lowest BCUT2D eigenvalue weighted by atomic mass is 10.1. The average Bonchev–Trinajstić information content (AvgIpc) is 2.96. The number of carboxylic acids is 1. The highest BCUT2D eigenvalue weighted by Gasteiger charge is 2.22. The minimum Gasteiger partial charge on any atom is -0.497 e. The maximum Gasteiger partial charge on any atom is 0.337 e. The Morgan fingerprint density at radius 2 is 1.77 bits per heavy atom. The second-order valence-corrected chi connectivity index (χ2v) is 7.68. The van der Waals surface area contributed by atoms with Crippen molar-refractivity contribution in [1.82, 2.24) is 9.88 Å². The highest BCUT2D eigenvalue weighted by atomic mass is 16.5. The zero-order chi connectivity index (χ0) is 21.7. The summed E-state index contributed by atoms with van der Waals surface area (Å²) in [7, 11) is 1.65. The number of ether oxygens (including phenoxy) is 1. The third kappa shape index (κ3) is 4.92. The Bertz CT molecular complexity index is 1020. The van der Waals surface area contributed by atoms with E-state index in [9.17, 15) is 9.90 Å². The van der Waals surface area contributed by atoms with Crippen molar-refractivity contribution in [3.05, 3.63) is 87.7 Å². The van der Waals surface area contributed by atoms with Crippen LogP contribution in [0.15, 0.2) is 48.5 Å². The quantitative estimate of drug-likeness (QED) is 0.514. The third-order valence-electron chi connectivity index (χ3n) is 5.60. The Balaban J connectivity index is 1.74. The van der Waals surface area contributed by atoms with E-state index in [0.717, 1.165) is 41.2 Å². The summed E-state index contributed by atoms with van der Waals surface area (Å²) in [5.41, 5.74) is 6.68. The zero-order valence-corrected chi connectivity index (χ0v) is 18.2. The number of nitrogens with one attached hydrogen (secondary N) is 1. The second kappa shape index (κ2) is 9.63. The largest absolute Gasteiger partial charge is 0.497 e. The molecule has 5 nitrogen and oxygen atoms in total. The smallest absolute Gasteiger partial charge is 0.337 e. The molecule has 158 valence electrons. The number of hydrogen-bond donors (Lipinski definition) is 2. The number of nitrogens with zero attached hydrogens (tertiary/aromatic N) is 1. The van der Waals surface area contributed by atoms with Crippen molar-refractivity contribution in [2.75, 3.05) is 13.7 Å². The first-order chi connectivity index (χ1) is 14.4. The van der Waals surface area contributed by atoms with Gasteiger partial charge in [-0.15, -0.1) is 0 Å². The fourth-order valence-corrected chi connectivity index (χ4v) is 3.91. The summed E-state index contributed by atoms with van der Waals surface area (Å²) in [4.78, 5) is 12.0. The summed E-state index contributed by atoms with van der Waals surface area (Å²) >= 11 is 0. The first-order valence-corrected chi connectivity index (χ1v) is 10.2.